The number of rotatable bonds is 5. The van der Waals surface area contributed by atoms with E-state index in [0.717, 1.165) is 25.7 Å². The summed E-state index contributed by atoms with van der Waals surface area (Å²) in [5, 5.41) is 9.00. The number of hydrogen-bond acceptors (Lipinski definition) is 3. The van der Waals surface area contributed by atoms with Crippen LogP contribution in [0, 0.1) is 27.9 Å². The zero-order chi connectivity index (χ0) is 8.81. The third-order valence-electron chi connectivity index (χ3n) is 1.82. The van der Waals surface area contributed by atoms with E-state index >= 15 is 0 Å². The third-order valence-corrected chi connectivity index (χ3v) is 1.82. The largest absolute Gasteiger partial charge is 0.314 e. The lowest BCUT2D eigenvalue weighted by Gasteiger charge is -2.03. The first-order chi connectivity index (χ1) is 5.79. The van der Waals surface area contributed by atoms with Crippen molar-refractivity contribution in [2.24, 2.45) is 5.92 Å². The fraction of sp³-hybridized carbons (Fsp3) is 0.750. The monoisotopic (exact) mass is 169 g/mol. The van der Waals surface area contributed by atoms with Crippen molar-refractivity contribution < 1.29 is 9.92 Å². The first kappa shape index (κ1) is 8.85. The minimum Gasteiger partial charge on any atom is -0.314 e. The van der Waals surface area contributed by atoms with E-state index < -0.39 is 5.09 Å². The molecule has 0 aromatic heterocycles. The minimum absolute atomic E-state index is 0.200. The molecule has 0 spiro atoms. The van der Waals surface area contributed by atoms with Crippen molar-refractivity contribution in [1.82, 2.24) is 0 Å². The second-order valence-corrected chi connectivity index (χ2v) is 2.76. The van der Waals surface area contributed by atoms with Gasteiger partial charge in [0, 0.05) is 12.3 Å². The van der Waals surface area contributed by atoms with Gasteiger partial charge in [-0.1, -0.05) is 5.92 Å². The van der Waals surface area contributed by atoms with E-state index in [1.807, 2.05) is 0 Å². The molecule has 0 fully saturated rings. The molecule has 1 aliphatic carbocycles. The minimum atomic E-state index is -0.750. The lowest BCUT2D eigenvalue weighted by molar-refractivity contribution is -0.757. The van der Waals surface area contributed by atoms with Crippen LogP contribution in [0.1, 0.15) is 25.7 Å². The maximum atomic E-state index is 9.75. The fourth-order valence-electron chi connectivity index (χ4n) is 1.22. The van der Waals surface area contributed by atoms with Crippen molar-refractivity contribution >= 4 is 0 Å². The van der Waals surface area contributed by atoms with E-state index in [1.54, 1.807) is 0 Å². The number of nitrogens with zero attached hydrogens (tertiary/aromatic N) is 1. The summed E-state index contributed by atoms with van der Waals surface area (Å²) in [6.07, 6.45) is 3.69. The van der Waals surface area contributed by atoms with Gasteiger partial charge >= 0.3 is 0 Å². The van der Waals surface area contributed by atoms with Gasteiger partial charge in [-0.3, -0.25) is 0 Å². The zero-order valence-electron chi connectivity index (χ0n) is 6.78. The quantitative estimate of drug-likeness (QED) is 0.270. The Morgan fingerprint density at radius 3 is 3.08 bits per heavy atom. The Labute approximate surface area is 71.0 Å². The molecular formula is C8H11NO3. The van der Waals surface area contributed by atoms with Gasteiger partial charge in [0.25, 0.3) is 5.09 Å². The van der Waals surface area contributed by atoms with Crippen molar-refractivity contribution in [3.05, 3.63) is 10.1 Å². The van der Waals surface area contributed by atoms with Crippen LogP contribution in [0.3, 0.4) is 0 Å². The average Bonchev–Trinajstić information content (AvgIpc) is 2.49. The Kier molecular flexibility index (Phi) is 3.39. The van der Waals surface area contributed by atoms with E-state index in [0.29, 0.717) is 5.92 Å². The number of hydrogen-bond donors (Lipinski definition) is 0. The molecule has 66 valence electrons. The van der Waals surface area contributed by atoms with Crippen LogP contribution in [-0.4, -0.2) is 11.7 Å². The Morgan fingerprint density at radius 2 is 2.50 bits per heavy atom. The van der Waals surface area contributed by atoms with Crippen molar-refractivity contribution in [2.45, 2.75) is 25.7 Å². The molecule has 0 saturated heterocycles. The summed E-state index contributed by atoms with van der Waals surface area (Å²) in [5.41, 5.74) is 0. The van der Waals surface area contributed by atoms with Gasteiger partial charge in [0.15, 0.2) is 0 Å². The highest BCUT2D eigenvalue weighted by Crippen LogP contribution is 2.16. The van der Waals surface area contributed by atoms with Crippen molar-refractivity contribution in [3.63, 3.8) is 0 Å². The Hall–Kier alpha value is -1.24. The summed E-state index contributed by atoms with van der Waals surface area (Å²) in [6.45, 7) is 0.200. The molecule has 1 unspecified atom stereocenters. The molecule has 0 heterocycles. The molecule has 0 saturated carbocycles. The zero-order valence-corrected chi connectivity index (χ0v) is 6.78. The summed E-state index contributed by atoms with van der Waals surface area (Å²) in [7, 11) is 0. The van der Waals surface area contributed by atoms with E-state index in [2.05, 4.69) is 16.7 Å². The van der Waals surface area contributed by atoms with Gasteiger partial charge in [-0.25, -0.2) is 0 Å². The standard InChI is InChI=1S/C8H11NO3/c10-9(11)12-7-3-6-8-4-1-2-5-8/h8H,1,3-4,6-7H2. The Bertz CT molecular complexity index is 216. The van der Waals surface area contributed by atoms with Gasteiger partial charge in [-0.15, -0.1) is 16.0 Å². The summed E-state index contributed by atoms with van der Waals surface area (Å²) < 4.78 is 0. The predicted octanol–water partition coefficient (Wildman–Crippen LogP) is 1.39. The first-order valence-corrected chi connectivity index (χ1v) is 4.05. The van der Waals surface area contributed by atoms with E-state index in [9.17, 15) is 10.1 Å². The van der Waals surface area contributed by atoms with Gasteiger partial charge in [-0.2, -0.15) is 0 Å². The van der Waals surface area contributed by atoms with Crippen LogP contribution in [0.15, 0.2) is 0 Å². The molecule has 0 amide bonds. The summed E-state index contributed by atoms with van der Waals surface area (Å²) in [5.74, 6) is 6.51. The van der Waals surface area contributed by atoms with Crippen LogP contribution in [0.2, 0.25) is 0 Å². The molecule has 0 N–H and O–H groups in total. The molecule has 4 heteroatoms. The highest BCUT2D eigenvalue weighted by molar-refractivity contribution is 5.10. The van der Waals surface area contributed by atoms with Crippen LogP contribution in [0.5, 0.6) is 0 Å². The molecule has 1 atom stereocenters. The van der Waals surface area contributed by atoms with Gasteiger partial charge in [-0.05, 0) is 19.3 Å². The van der Waals surface area contributed by atoms with E-state index in [4.69, 9.17) is 0 Å². The SMILES string of the molecule is O=[N+]([O-])OCCCC1C#CCC1. The predicted molar refractivity (Wildman–Crippen MR) is 42.7 cm³/mol. The van der Waals surface area contributed by atoms with Crippen molar-refractivity contribution in [1.29, 1.82) is 0 Å². The topological polar surface area (TPSA) is 52.4 Å². The van der Waals surface area contributed by atoms with Gasteiger partial charge in [0.1, 0.15) is 0 Å². The first-order valence-electron chi connectivity index (χ1n) is 4.05. The summed E-state index contributed by atoms with van der Waals surface area (Å²) in [4.78, 5) is 13.9. The highest BCUT2D eigenvalue weighted by atomic mass is 16.9. The molecule has 0 aromatic rings. The highest BCUT2D eigenvalue weighted by Gasteiger charge is 2.08. The van der Waals surface area contributed by atoms with E-state index in [-0.39, 0.29) is 6.61 Å². The summed E-state index contributed by atoms with van der Waals surface area (Å²) in [6, 6.07) is 0. The molecule has 12 heavy (non-hydrogen) atoms. The van der Waals surface area contributed by atoms with Crippen molar-refractivity contribution in [2.75, 3.05) is 6.61 Å². The maximum Gasteiger partial charge on any atom is 0.294 e. The molecule has 1 rings (SSSR count). The smallest absolute Gasteiger partial charge is 0.294 e. The van der Waals surface area contributed by atoms with Crippen LogP contribution < -0.4 is 0 Å². The molecular weight excluding hydrogens is 158 g/mol. The van der Waals surface area contributed by atoms with Crippen LogP contribution in [-0.2, 0) is 4.84 Å². The normalized spacial score (nSPS) is 19.8. The molecule has 0 aliphatic heterocycles. The lowest BCUT2D eigenvalue weighted by atomic mass is 10.0. The molecule has 0 aromatic carbocycles. The summed E-state index contributed by atoms with van der Waals surface area (Å²) >= 11 is 0. The third kappa shape index (κ3) is 3.24. The molecule has 0 radical (unpaired) electrons. The second kappa shape index (κ2) is 4.60. The van der Waals surface area contributed by atoms with Gasteiger partial charge in [0.2, 0.25) is 0 Å². The van der Waals surface area contributed by atoms with Crippen LogP contribution in [0.4, 0.5) is 0 Å². The van der Waals surface area contributed by atoms with E-state index in [1.165, 1.54) is 0 Å². The Morgan fingerprint density at radius 1 is 1.67 bits per heavy atom. The molecule has 1 aliphatic rings. The lowest BCUT2D eigenvalue weighted by Crippen LogP contribution is -2.03. The Balaban J connectivity index is 1.96. The van der Waals surface area contributed by atoms with Gasteiger partial charge in [0.05, 0.1) is 6.61 Å². The van der Waals surface area contributed by atoms with Crippen molar-refractivity contribution in [3.8, 4) is 11.8 Å². The van der Waals surface area contributed by atoms with Crippen LogP contribution >= 0.6 is 0 Å². The van der Waals surface area contributed by atoms with Crippen LogP contribution in [0.25, 0.3) is 0 Å². The molecule has 0 bridgehead atoms. The second-order valence-electron chi connectivity index (χ2n) is 2.76. The molecule has 4 nitrogen and oxygen atoms in total. The maximum absolute atomic E-state index is 9.75. The fourth-order valence-corrected chi connectivity index (χ4v) is 1.22. The average molecular weight is 169 g/mol. The van der Waals surface area contributed by atoms with Gasteiger partial charge < -0.3 is 4.84 Å².